The zero-order valence-electron chi connectivity index (χ0n) is 27.2. The molecule has 0 aromatic carbocycles. The predicted molar refractivity (Wildman–Crippen MR) is 170 cm³/mol. The van der Waals surface area contributed by atoms with Crippen molar-refractivity contribution >= 4 is 23.3 Å². The minimum Gasteiger partial charge on any atom is -0.492 e. The van der Waals surface area contributed by atoms with Crippen molar-refractivity contribution in [1.82, 2.24) is 14.9 Å². The van der Waals surface area contributed by atoms with E-state index in [4.69, 9.17) is 23.7 Å². The summed E-state index contributed by atoms with van der Waals surface area (Å²) in [7, 11) is 1.63. The van der Waals surface area contributed by atoms with Gasteiger partial charge < -0.3 is 33.5 Å². The molecule has 244 valence electrons. The highest BCUT2D eigenvalue weighted by Gasteiger charge is 2.29. The first-order chi connectivity index (χ1) is 21.6. The number of nitrogens with zero attached hydrogens (tertiary/aromatic N) is 4. The molecule has 5 heterocycles. The number of esters is 1. The lowest BCUT2D eigenvalue weighted by Crippen LogP contribution is -2.39. The van der Waals surface area contributed by atoms with Crippen LogP contribution in [0.3, 0.4) is 0 Å². The van der Waals surface area contributed by atoms with Gasteiger partial charge in [-0.05, 0) is 64.9 Å². The third kappa shape index (κ3) is 8.38. The van der Waals surface area contributed by atoms with Gasteiger partial charge in [-0.25, -0.2) is 14.8 Å². The number of pyridine rings is 2. The topological polar surface area (TPSA) is 113 Å². The molecular weight excluding hydrogens is 576 g/mol. The molecule has 1 unspecified atom stereocenters. The van der Waals surface area contributed by atoms with E-state index < -0.39 is 5.60 Å². The van der Waals surface area contributed by atoms with Crippen LogP contribution < -0.4 is 19.1 Å². The molecule has 5 rings (SSSR count). The summed E-state index contributed by atoms with van der Waals surface area (Å²) < 4.78 is 28.2. The average Bonchev–Trinajstić information content (AvgIpc) is 3.03. The first-order valence-corrected chi connectivity index (χ1v) is 16.0. The van der Waals surface area contributed by atoms with Crippen molar-refractivity contribution in [3.8, 4) is 17.5 Å². The molecule has 1 saturated heterocycles. The predicted octanol–water partition coefficient (Wildman–Crippen LogP) is 5.62. The van der Waals surface area contributed by atoms with Crippen LogP contribution in [-0.4, -0.2) is 85.6 Å². The summed E-state index contributed by atoms with van der Waals surface area (Å²) in [6, 6.07) is 3.93. The van der Waals surface area contributed by atoms with E-state index in [-0.39, 0.29) is 18.0 Å². The molecule has 1 atom stereocenters. The lowest BCUT2D eigenvalue weighted by Gasteiger charge is -2.35. The molecule has 0 radical (unpaired) electrons. The van der Waals surface area contributed by atoms with Gasteiger partial charge in [0.05, 0.1) is 45.2 Å². The van der Waals surface area contributed by atoms with Crippen molar-refractivity contribution in [3.63, 3.8) is 0 Å². The van der Waals surface area contributed by atoms with E-state index in [0.29, 0.717) is 62.8 Å². The lowest BCUT2D eigenvalue weighted by molar-refractivity contribution is -0.143. The Morgan fingerprint density at radius 2 is 1.82 bits per heavy atom. The smallest absolute Gasteiger partial charge is 0.410 e. The molecule has 0 bridgehead atoms. The fraction of sp³-hybridized carbons (Fsp3) is 0.588. The number of amides is 1. The van der Waals surface area contributed by atoms with E-state index in [1.165, 1.54) is 5.57 Å². The maximum Gasteiger partial charge on any atom is 0.410 e. The van der Waals surface area contributed by atoms with Crippen molar-refractivity contribution in [2.45, 2.75) is 71.3 Å². The van der Waals surface area contributed by atoms with Gasteiger partial charge in [0.2, 0.25) is 11.8 Å². The van der Waals surface area contributed by atoms with Crippen molar-refractivity contribution < 1.29 is 33.3 Å². The number of fused-ring (bicyclic) bond motifs is 1. The van der Waals surface area contributed by atoms with Gasteiger partial charge in [0.1, 0.15) is 11.4 Å². The highest BCUT2D eigenvalue weighted by Crippen LogP contribution is 2.38. The molecular formula is C34H46N4O7. The first kappa shape index (κ1) is 32.4. The number of rotatable bonds is 9. The summed E-state index contributed by atoms with van der Waals surface area (Å²) in [5, 5.41) is 0. The number of piperidine rings is 1. The van der Waals surface area contributed by atoms with E-state index in [9.17, 15) is 9.59 Å². The number of methoxy groups -OCH3 is 1. The molecule has 45 heavy (non-hydrogen) atoms. The third-order valence-corrected chi connectivity index (χ3v) is 8.45. The second kappa shape index (κ2) is 14.4. The minimum absolute atomic E-state index is 0.0348. The Bertz CT molecular complexity index is 1380. The van der Waals surface area contributed by atoms with Gasteiger partial charge in [0, 0.05) is 61.6 Å². The first-order valence-electron chi connectivity index (χ1n) is 16.0. The zero-order chi connectivity index (χ0) is 32.0. The maximum atomic E-state index is 12.6. The fourth-order valence-corrected chi connectivity index (χ4v) is 6.05. The number of ether oxygens (including phenoxy) is 5. The molecule has 2 aromatic rings. The van der Waals surface area contributed by atoms with Crippen LogP contribution in [0.15, 0.2) is 30.6 Å². The van der Waals surface area contributed by atoms with Gasteiger partial charge >= 0.3 is 12.1 Å². The van der Waals surface area contributed by atoms with Crippen LogP contribution in [0.5, 0.6) is 17.5 Å². The van der Waals surface area contributed by atoms with E-state index in [0.717, 1.165) is 55.6 Å². The van der Waals surface area contributed by atoms with Gasteiger partial charge in [0.15, 0.2) is 0 Å². The second-order valence-electron chi connectivity index (χ2n) is 12.8. The Kier molecular flexibility index (Phi) is 10.4. The van der Waals surface area contributed by atoms with Crippen molar-refractivity contribution in [2.75, 3.05) is 58.0 Å². The van der Waals surface area contributed by atoms with Crippen LogP contribution in [-0.2, 0) is 14.3 Å². The highest BCUT2D eigenvalue weighted by atomic mass is 16.6. The van der Waals surface area contributed by atoms with Crippen molar-refractivity contribution in [3.05, 3.63) is 41.7 Å². The molecule has 0 spiro atoms. The largest absolute Gasteiger partial charge is 0.492 e. The molecule has 1 fully saturated rings. The third-order valence-electron chi connectivity index (χ3n) is 8.45. The number of hydrogen-bond acceptors (Lipinski definition) is 10. The van der Waals surface area contributed by atoms with Crippen LogP contribution in [0.2, 0.25) is 0 Å². The zero-order valence-corrected chi connectivity index (χ0v) is 27.2. The van der Waals surface area contributed by atoms with Crippen LogP contribution in [0, 0.1) is 5.92 Å². The number of anilines is 1. The van der Waals surface area contributed by atoms with Crippen LogP contribution in [0.1, 0.15) is 76.8 Å². The number of aromatic nitrogens is 2. The van der Waals surface area contributed by atoms with Gasteiger partial charge in [0.25, 0.3) is 0 Å². The summed E-state index contributed by atoms with van der Waals surface area (Å²) >= 11 is 0. The number of hydrogen-bond donors (Lipinski definition) is 0. The quantitative estimate of drug-likeness (QED) is 0.327. The number of carbonyl (C=O) groups is 2. The molecule has 3 aliphatic heterocycles. The average molecular weight is 623 g/mol. The van der Waals surface area contributed by atoms with E-state index in [2.05, 4.69) is 20.9 Å². The van der Waals surface area contributed by atoms with E-state index in [1.807, 2.05) is 46.0 Å². The van der Waals surface area contributed by atoms with Gasteiger partial charge in [-0.1, -0.05) is 6.08 Å². The summed E-state index contributed by atoms with van der Waals surface area (Å²) in [5.41, 5.74) is 3.79. The Morgan fingerprint density at radius 1 is 1.04 bits per heavy atom. The molecule has 1 amide bonds. The normalized spacial score (nSPS) is 18.8. The SMILES string of the molecule is CCOC(=O)CC1CCOc2cnc(OCC3CCN(c4cc(OC)ncc4C4=CCN(C(=O)OC(C)(C)C)CC4)CC3)cc21. The van der Waals surface area contributed by atoms with E-state index >= 15 is 0 Å². The molecule has 2 aromatic heterocycles. The van der Waals surface area contributed by atoms with E-state index in [1.54, 1.807) is 18.2 Å². The van der Waals surface area contributed by atoms with Gasteiger partial charge in [-0.15, -0.1) is 0 Å². The summed E-state index contributed by atoms with van der Waals surface area (Å²) in [5.74, 6) is 2.07. The van der Waals surface area contributed by atoms with Crippen LogP contribution in [0.25, 0.3) is 5.57 Å². The van der Waals surface area contributed by atoms with Gasteiger partial charge in [-0.3, -0.25) is 4.79 Å². The summed E-state index contributed by atoms with van der Waals surface area (Å²) in [6.07, 6.45) is 9.16. The Hall–Kier alpha value is -4.02. The molecule has 0 aliphatic carbocycles. The monoisotopic (exact) mass is 622 g/mol. The lowest BCUT2D eigenvalue weighted by atomic mass is 9.91. The molecule has 0 saturated carbocycles. The molecule has 11 heteroatoms. The van der Waals surface area contributed by atoms with Crippen LogP contribution in [0.4, 0.5) is 10.5 Å². The summed E-state index contributed by atoms with van der Waals surface area (Å²) in [4.78, 5) is 37.8. The standard InChI is InChI=1S/C34H46N4O7/c1-6-42-32(39)17-25-11-16-43-29-21-36-31(18-26(25)29)44-22-23-7-12-37(13-8-23)28-19-30(41-5)35-20-27(28)24-9-14-38(15-10-24)33(40)45-34(2,3)4/h9,18-21,23,25H,6-8,10-17,22H2,1-5H3. The van der Waals surface area contributed by atoms with Crippen molar-refractivity contribution in [1.29, 1.82) is 0 Å². The molecule has 11 nitrogen and oxygen atoms in total. The maximum absolute atomic E-state index is 12.6. The van der Waals surface area contributed by atoms with Crippen molar-refractivity contribution in [2.24, 2.45) is 5.92 Å². The van der Waals surface area contributed by atoms with Crippen LogP contribution >= 0.6 is 0 Å². The minimum atomic E-state index is -0.522. The fourth-order valence-electron chi connectivity index (χ4n) is 6.05. The second-order valence-corrected chi connectivity index (χ2v) is 12.8. The Morgan fingerprint density at radius 3 is 2.51 bits per heavy atom. The Labute approximate surface area is 265 Å². The molecule has 3 aliphatic rings. The highest BCUT2D eigenvalue weighted by molar-refractivity contribution is 5.79. The number of carbonyl (C=O) groups excluding carboxylic acids is 2. The molecule has 0 N–H and O–H groups in total. The Balaban J connectivity index is 1.19. The van der Waals surface area contributed by atoms with Gasteiger partial charge in [-0.2, -0.15) is 0 Å². The summed E-state index contributed by atoms with van der Waals surface area (Å²) in [6.45, 7) is 11.8.